The number of carbonyl (C=O) groups is 2. The van der Waals surface area contributed by atoms with E-state index in [1.807, 2.05) is 41.0 Å². The molecule has 194 valence electrons. The highest BCUT2D eigenvalue weighted by Crippen LogP contribution is 2.31. The molecule has 0 bridgehead atoms. The van der Waals surface area contributed by atoms with Gasteiger partial charge in [-0.1, -0.05) is 37.8 Å². The van der Waals surface area contributed by atoms with Crippen LogP contribution in [-0.4, -0.2) is 65.5 Å². The summed E-state index contributed by atoms with van der Waals surface area (Å²) in [6.45, 7) is 4.15. The summed E-state index contributed by atoms with van der Waals surface area (Å²) in [5, 5.41) is 0. The van der Waals surface area contributed by atoms with E-state index in [2.05, 4.69) is 4.98 Å². The van der Waals surface area contributed by atoms with E-state index in [1.165, 1.54) is 0 Å². The molecule has 0 unspecified atom stereocenters. The van der Waals surface area contributed by atoms with Crippen molar-refractivity contribution in [2.45, 2.75) is 76.9 Å². The minimum absolute atomic E-state index is 0.0120. The Kier molecular flexibility index (Phi) is 9.20. The van der Waals surface area contributed by atoms with E-state index in [-0.39, 0.29) is 24.0 Å². The summed E-state index contributed by atoms with van der Waals surface area (Å²) < 4.78 is 11.9. The number of hydrogen-bond donors (Lipinski definition) is 0. The van der Waals surface area contributed by atoms with Crippen LogP contribution in [0.2, 0.25) is 0 Å². The Balaban J connectivity index is 1.67. The second kappa shape index (κ2) is 12.7. The zero-order chi connectivity index (χ0) is 25.3. The van der Waals surface area contributed by atoms with Gasteiger partial charge in [-0.05, 0) is 57.2 Å². The third kappa shape index (κ3) is 6.18. The van der Waals surface area contributed by atoms with Crippen LogP contribution in [0.25, 0.3) is 0 Å². The van der Waals surface area contributed by atoms with Gasteiger partial charge >= 0.3 is 0 Å². The van der Waals surface area contributed by atoms with Crippen molar-refractivity contribution >= 4 is 11.8 Å². The van der Waals surface area contributed by atoms with Gasteiger partial charge in [0.05, 0.1) is 18.7 Å². The first kappa shape index (κ1) is 26.0. The lowest BCUT2D eigenvalue weighted by Gasteiger charge is -2.40. The second-order valence-corrected chi connectivity index (χ2v) is 9.74. The molecular weight excluding hydrogens is 454 g/mol. The lowest BCUT2D eigenvalue weighted by molar-refractivity contribution is 0.0270. The van der Waals surface area contributed by atoms with Gasteiger partial charge in [-0.2, -0.15) is 0 Å². The summed E-state index contributed by atoms with van der Waals surface area (Å²) in [5.41, 5.74) is 1.19. The molecule has 1 saturated carbocycles. The van der Waals surface area contributed by atoms with Gasteiger partial charge in [0.15, 0.2) is 0 Å². The molecule has 2 amide bonds. The predicted octanol–water partition coefficient (Wildman–Crippen LogP) is 5.35. The van der Waals surface area contributed by atoms with Crippen molar-refractivity contribution in [3.8, 4) is 11.6 Å². The van der Waals surface area contributed by atoms with Crippen molar-refractivity contribution in [2.24, 2.45) is 0 Å². The fourth-order valence-electron chi connectivity index (χ4n) is 5.41. The van der Waals surface area contributed by atoms with Gasteiger partial charge < -0.3 is 19.3 Å². The van der Waals surface area contributed by atoms with Gasteiger partial charge in [-0.15, -0.1) is 0 Å². The molecule has 0 N–H and O–H groups in total. The van der Waals surface area contributed by atoms with E-state index in [1.54, 1.807) is 25.4 Å². The van der Waals surface area contributed by atoms with Gasteiger partial charge in [-0.3, -0.25) is 9.59 Å². The number of aromatic nitrogens is 1. The number of para-hydroxylation sites is 1. The first-order chi connectivity index (χ1) is 17.6. The summed E-state index contributed by atoms with van der Waals surface area (Å²) in [6.07, 6.45) is 10.4. The number of methoxy groups -OCH3 is 1. The van der Waals surface area contributed by atoms with E-state index in [4.69, 9.17) is 9.47 Å². The molecule has 2 heterocycles. The third-order valence-electron chi connectivity index (χ3n) is 7.41. The van der Waals surface area contributed by atoms with Gasteiger partial charge in [0.1, 0.15) is 11.9 Å². The molecule has 36 heavy (non-hydrogen) atoms. The first-order valence-corrected chi connectivity index (χ1v) is 13.5. The number of carbonyl (C=O) groups excluding carboxylic acids is 2. The normalized spacial score (nSPS) is 21.9. The highest BCUT2D eigenvalue weighted by atomic mass is 16.5. The maximum atomic E-state index is 13.8. The Morgan fingerprint density at radius 2 is 1.78 bits per heavy atom. The Morgan fingerprint density at radius 1 is 1.03 bits per heavy atom. The highest BCUT2D eigenvalue weighted by molar-refractivity contribution is 5.97. The standard InChI is InChI=1S/C29H39N3O4/c1-3-31-19-11-5-4-6-12-20-32(28(33)22-17-18-30-27(21-22)35-2)24-14-8-10-16-26(24)36-25-15-9-7-13-23(25)29(31)34/h7,9,13,15,17-18,21,24,26H,3-6,8,10-12,14,16,19-20H2,1-2H3/t24-,26+/m1/s1. The smallest absolute Gasteiger partial charge is 0.257 e. The zero-order valence-electron chi connectivity index (χ0n) is 21.7. The lowest BCUT2D eigenvalue weighted by Crippen LogP contribution is -2.51. The number of ether oxygens (including phenoxy) is 2. The van der Waals surface area contributed by atoms with Crippen molar-refractivity contribution in [1.29, 1.82) is 0 Å². The lowest BCUT2D eigenvalue weighted by atomic mass is 9.90. The number of nitrogens with zero attached hydrogens (tertiary/aromatic N) is 3. The first-order valence-electron chi connectivity index (χ1n) is 13.5. The second-order valence-electron chi connectivity index (χ2n) is 9.74. The number of amides is 2. The maximum absolute atomic E-state index is 13.8. The van der Waals surface area contributed by atoms with Gasteiger partial charge in [0.2, 0.25) is 5.88 Å². The van der Waals surface area contributed by atoms with Crippen LogP contribution in [0.15, 0.2) is 42.6 Å². The van der Waals surface area contributed by atoms with Crippen molar-refractivity contribution in [3.63, 3.8) is 0 Å². The van der Waals surface area contributed by atoms with Gasteiger partial charge in [-0.25, -0.2) is 4.98 Å². The largest absolute Gasteiger partial charge is 0.487 e. The number of pyridine rings is 1. The van der Waals surface area contributed by atoms with E-state index in [0.717, 1.165) is 64.3 Å². The van der Waals surface area contributed by atoms with Crippen LogP contribution >= 0.6 is 0 Å². The van der Waals surface area contributed by atoms with Crippen LogP contribution in [0.4, 0.5) is 0 Å². The van der Waals surface area contributed by atoms with Crippen LogP contribution in [0.1, 0.15) is 85.4 Å². The monoisotopic (exact) mass is 493 g/mol. The summed E-state index contributed by atoms with van der Waals surface area (Å²) >= 11 is 0. The molecule has 2 atom stereocenters. The third-order valence-corrected chi connectivity index (χ3v) is 7.41. The molecule has 1 fully saturated rings. The molecule has 7 nitrogen and oxygen atoms in total. The molecule has 0 spiro atoms. The Bertz CT molecular complexity index is 1030. The van der Waals surface area contributed by atoms with E-state index in [0.29, 0.717) is 35.8 Å². The Labute approximate surface area is 214 Å². The fourth-order valence-corrected chi connectivity index (χ4v) is 5.41. The summed E-state index contributed by atoms with van der Waals surface area (Å²) in [4.78, 5) is 35.4. The number of hydrogen-bond acceptors (Lipinski definition) is 5. The predicted molar refractivity (Wildman–Crippen MR) is 140 cm³/mol. The molecule has 1 aromatic heterocycles. The minimum Gasteiger partial charge on any atom is -0.487 e. The minimum atomic E-state index is -0.166. The number of fused-ring (bicyclic) bond motifs is 2. The fraction of sp³-hybridized carbons (Fsp3) is 0.552. The number of benzene rings is 1. The van der Waals surface area contributed by atoms with E-state index >= 15 is 0 Å². The molecule has 1 aliphatic carbocycles. The quantitative estimate of drug-likeness (QED) is 0.576. The molecule has 7 heteroatoms. The van der Waals surface area contributed by atoms with Crippen molar-refractivity contribution in [2.75, 3.05) is 26.7 Å². The van der Waals surface area contributed by atoms with E-state index in [9.17, 15) is 9.59 Å². The number of rotatable bonds is 3. The molecule has 1 aliphatic heterocycles. The van der Waals surface area contributed by atoms with Crippen molar-refractivity contribution < 1.29 is 19.1 Å². The van der Waals surface area contributed by atoms with Crippen LogP contribution in [-0.2, 0) is 0 Å². The molecule has 1 aromatic carbocycles. The average Bonchev–Trinajstić information content (AvgIpc) is 2.92. The maximum Gasteiger partial charge on any atom is 0.257 e. The molecule has 2 aliphatic rings. The van der Waals surface area contributed by atoms with Crippen LogP contribution in [0.3, 0.4) is 0 Å². The van der Waals surface area contributed by atoms with Crippen LogP contribution < -0.4 is 9.47 Å². The Hall–Kier alpha value is -3.09. The van der Waals surface area contributed by atoms with Crippen molar-refractivity contribution in [1.82, 2.24) is 14.8 Å². The SMILES string of the molecule is CCN1CCCCCCCN(C(=O)c2ccnc(OC)c2)[C@@H]2CCCC[C@@H]2Oc2ccccc2C1=O. The van der Waals surface area contributed by atoms with Crippen LogP contribution in [0, 0.1) is 0 Å². The van der Waals surface area contributed by atoms with Crippen LogP contribution in [0.5, 0.6) is 11.6 Å². The van der Waals surface area contributed by atoms with E-state index < -0.39 is 0 Å². The molecule has 0 radical (unpaired) electrons. The Morgan fingerprint density at radius 3 is 2.58 bits per heavy atom. The average molecular weight is 494 g/mol. The summed E-state index contributed by atoms with van der Waals surface area (Å²) in [5.74, 6) is 1.06. The van der Waals surface area contributed by atoms with Crippen molar-refractivity contribution in [3.05, 3.63) is 53.7 Å². The van der Waals surface area contributed by atoms with Gasteiger partial charge in [0.25, 0.3) is 11.8 Å². The highest BCUT2D eigenvalue weighted by Gasteiger charge is 2.35. The topological polar surface area (TPSA) is 72.0 Å². The molecular formula is C29H39N3O4. The molecule has 4 rings (SSSR count). The molecule has 0 saturated heterocycles. The van der Waals surface area contributed by atoms with Gasteiger partial charge in [0, 0.05) is 37.5 Å². The summed E-state index contributed by atoms with van der Waals surface area (Å²) in [6, 6.07) is 11.0. The summed E-state index contributed by atoms with van der Waals surface area (Å²) in [7, 11) is 1.56. The molecule has 2 aromatic rings. The zero-order valence-corrected chi connectivity index (χ0v) is 21.7.